The number of nitrogens with two attached hydrogens (primary N) is 1. The van der Waals surface area contributed by atoms with Gasteiger partial charge in [0.1, 0.15) is 11.7 Å². The first kappa shape index (κ1) is 13.3. The molecule has 0 aliphatic heterocycles. The standard InChI is InChI=1S/C12H11FN4OS/c1-6-4-10(18)17-12(16-6)19-9-3-2-7(11(14)15)5-8(9)13/h2-5H,1H3,(H3,14,15)(H,16,17,18). The number of hydrogen-bond donors (Lipinski definition) is 3. The second-order valence-electron chi connectivity index (χ2n) is 3.85. The van der Waals surface area contributed by atoms with Crippen LogP contribution in [0.15, 0.2) is 39.1 Å². The molecule has 0 spiro atoms. The van der Waals surface area contributed by atoms with E-state index in [1.165, 1.54) is 18.2 Å². The molecule has 1 aromatic carbocycles. The van der Waals surface area contributed by atoms with Gasteiger partial charge in [-0.25, -0.2) is 9.37 Å². The van der Waals surface area contributed by atoms with E-state index < -0.39 is 5.82 Å². The second-order valence-corrected chi connectivity index (χ2v) is 4.88. The van der Waals surface area contributed by atoms with Gasteiger partial charge in [-0.1, -0.05) is 0 Å². The smallest absolute Gasteiger partial charge is 0.251 e. The van der Waals surface area contributed by atoms with Crippen molar-refractivity contribution in [2.75, 3.05) is 0 Å². The summed E-state index contributed by atoms with van der Waals surface area (Å²) < 4.78 is 13.8. The molecular weight excluding hydrogens is 267 g/mol. The highest BCUT2D eigenvalue weighted by Gasteiger charge is 2.09. The van der Waals surface area contributed by atoms with Crippen molar-refractivity contribution < 1.29 is 4.39 Å². The van der Waals surface area contributed by atoms with Crippen LogP contribution in [0.5, 0.6) is 0 Å². The van der Waals surface area contributed by atoms with Gasteiger partial charge in [0.05, 0.1) is 4.90 Å². The van der Waals surface area contributed by atoms with Crippen LogP contribution in [0, 0.1) is 18.2 Å². The summed E-state index contributed by atoms with van der Waals surface area (Å²) in [6.45, 7) is 1.69. The van der Waals surface area contributed by atoms with Gasteiger partial charge in [0.2, 0.25) is 0 Å². The van der Waals surface area contributed by atoms with Crippen molar-refractivity contribution in [3.8, 4) is 0 Å². The third kappa shape index (κ3) is 3.19. The molecule has 2 aromatic rings. The van der Waals surface area contributed by atoms with Crippen molar-refractivity contribution >= 4 is 17.6 Å². The molecule has 7 heteroatoms. The van der Waals surface area contributed by atoms with E-state index in [0.717, 1.165) is 11.8 Å². The van der Waals surface area contributed by atoms with Crippen LogP contribution in [0.4, 0.5) is 4.39 Å². The molecule has 4 N–H and O–H groups in total. The molecule has 5 nitrogen and oxygen atoms in total. The van der Waals surface area contributed by atoms with Crippen LogP contribution in [0.1, 0.15) is 11.3 Å². The Hall–Kier alpha value is -2.15. The molecule has 2 rings (SSSR count). The Morgan fingerprint density at radius 1 is 1.47 bits per heavy atom. The molecule has 0 bridgehead atoms. The van der Waals surface area contributed by atoms with Gasteiger partial charge in [-0.15, -0.1) is 0 Å². The van der Waals surface area contributed by atoms with Gasteiger partial charge in [0.15, 0.2) is 5.16 Å². The van der Waals surface area contributed by atoms with Crippen molar-refractivity contribution in [3.63, 3.8) is 0 Å². The zero-order valence-corrected chi connectivity index (χ0v) is 10.8. The predicted molar refractivity (Wildman–Crippen MR) is 71.1 cm³/mol. The number of halogens is 1. The molecular formula is C12H11FN4OS. The van der Waals surface area contributed by atoms with E-state index >= 15 is 0 Å². The number of aromatic nitrogens is 2. The molecule has 19 heavy (non-hydrogen) atoms. The van der Waals surface area contributed by atoms with Crippen LogP contribution < -0.4 is 11.3 Å². The quantitative estimate of drug-likeness (QED) is 0.452. The summed E-state index contributed by atoms with van der Waals surface area (Å²) in [4.78, 5) is 18.2. The molecule has 0 saturated heterocycles. The van der Waals surface area contributed by atoms with Crippen LogP contribution in [0.3, 0.4) is 0 Å². The van der Waals surface area contributed by atoms with Gasteiger partial charge in [-0.2, -0.15) is 0 Å². The number of nitrogens with zero attached hydrogens (tertiary/aromatic N) is 1. The number of aryl methyl sites for hydroxylation is 1. The summed E-state index contributed by atoms with van der Waals surface area (Å²) in [5.41, 5.74) is 5.87. The zero-order chi connectivity index (χ0) is 14.0. The third-order valence-electron chi connectivity index (χ3n) is 2.30. The Balaban J connectivity index is 2.33. The molecule has 0 fully saturated rings. The lowest BCUT2D eigenvalue weighted by Crippen LogP contribution is -2.11. The number of rotatable bonds is 3. The highest BCUT2D eigenvalue weighted by atomic mass is 32.2. The topological polar surface area (TPSA) is 95.6 Å². The van der Waals surface area contributed by atoms with Crippen molar-refractivity contribution in [1.29, 1.82) is 5.41 Å². The first-order valence-electron chi connectivity index (χ1n) is 5.35. The summed E-state index contributed by atoms with van der Waals surface area (Å²) >= 11 is 1.01. The Labute approximate surface area is 112 Å². The molecule has 0 unspecified atom stereocenters. The van der Waals surface area contributed by atoms with Crippen molar-refractivity contribution in [2.45, 2.75) is 17.0 Å². The Morgan fingerprint density at radius 3 is 2.79 bits per heavy atom. The SMILES string of the molecule is Cc1cc(=O)[nH]c(Sc2ccc(C(=N)N)cc2F)n1. The lowest BCUT2D eigenvalue weighted by Gasteiger charge is -2.05. The summed E-state index contributed by atoms with van der Waals surface area (Å²) in [5.74, 6) is -0.709. The maximum absolute atomic E-state index is 13.8. The van der Waals surface area contributed by atoms with Gasteiger partial charge < -0.3 is 10.7 Å². The minimum atomic E-state index is -0.512. The second kappa shape index (κ2) is 5.23. The van der Waals surface area contributed by atoms with Crippen LogP contribution in [0.25, 0.3) is 0 Å². The number of H-pyrrole nitrogens is 1. The van der Waals surface area contributed by atoms with E-state index in [1.54, 1.807) is 13.0 Å². The molecule has 0 amide bonds. The largest absolute Gasteiger partial charge is 0.384 e. The van der Waals surface area contributed by atoms with E-state index in [-0.39, 0.29) is 11.4 Å². The fraction of sp³-hybridized carbons (Fsp3) is 0.0833. The highest BCUT2D eigenvalue weighted by molar-refractivity contribution is 7.99. The number of amidine groups is 1. The molecule has 0 aliphatic rings. The molecule has 0 radical (unpaired) electrons. The fourth-order valence-electron chi connectivity index (χ4n) is 1.46. The van der Waals surface area contributed by atoms with Crippen molar-refractivity contribution in [2.24, 2.45) is 5.73 Å². The van der Waals surface area contributed by atoms with Crippen LogP contribution >= 0.6 is 11.8 Å². The minimum Gasteiger partial charge on any atom is -0.384 e. The van der Waals surface area contributed by atoms with Gasteiger partial charge in [0.25, 0.3) is 5.56 Å². The molecule has 0 saturated carbocycles. The average molecular weight is 278 g/mol. The summed E-state index contributed by atoms with van der Waals surface area (Å²) in [6, 6.07) is 5.58. The van der Waals surface area contributed by atoms with Gasteiger partial charge in [0, 0.05) is 17.3 Å². The summed E-state index contributed by atoms with van der Waals surface area (Å²) in [5, 5.41) is 7.54. The maximum atomic E-state index is 13.8. The van der Waals surface area contributed by atoms with Crippen molar-refractivity contribution in [3.05, 3.63) is 51.7 Å². The average Bonchev–Trinajstić information content (AvgIpc) is 2.30. The number of benzene rings is 1. The number of aromatic amines is 1. The van der Waals surface area contributed by atoms with Gasteiger partial charge in [-0.05, 0) is 36.9 Å². The maximum Gasteiger partial charge on any atom is 0.251 e. The van der Waals surface area contributed by atoms with E-state index in [1.807, 2.05) is 0 Å². The molecule has 0 atom stereocenters. The molecule has 98 valence electrons. The zero-order valence-electron chi connectivity index (χ0n) is 10.0. The normalized spacial score (nSPS) is 10.4. The van der Waals surface area contributed by atoms with Crippen molar-refractivity contribution in [1.82, 2.24) is 9.97 Å². The minimum absolute atomic E-state index is 0.197. The Kier molecular flexibility index (Phi) is 3.66. The van der Waals surface area contributed by atoms with Gasteiger partial charge >= 0.3 is 0 Å². The van der Waals surface area contributed by atoms with E-state index in [0.29, 0.717) is 21.3 Å². The highest BCUT2D eigenvalue weighted by Crippen LogP contribution is 2.27. The third-order valence-corrected chi connectivity index (χ3v) is 3.24. The van der Waals surface area contributed by atoms with E-state index in [2.05, 4.69) is 9.97 Å². The summed E-state index contributed by atoms with van der Waals surface area (Å²) in [6.07, 6.45) is 0. The Morgan fingerprint density at radius 2 is 2.21 bits per heavy atom. The number of hydrogen-bond acceptors (Lipinski definition) is 4. The van der Waals surface area contributed by atoms with Crippen LogP contribution in [-0.4, -0.2) is 15.8 Å². The first-order valence-corrected chi connectivity index (χ1v) is 6.17. The number of nitrogens with one attached hydrogen (secondary N) is 2. The lowest BCUT2D eigenvalue weighted by atomic mass is 10.2. The lowest BCUT2D eigenvalue weighted by molar-refractivity contribution is 0.601. The fourth-order valence-corrected chi connectivity index (χ4v) is 2.30. The predicted octanol–water partition coefficient (Wildman–Crippen LogP) is 1.65. The van der Waals surface area contributed by atoms with Crippen LogP contribution in [-0.2, 0) is 0 Å². The number of nitrogen functional groups attached to an aromatic ring is 1. The van der Waals surface area contributed by atoms with Gasteiger partial charge in [-0.3, -0.25) is 10.2 Å². The van der Waals surface area contributed by atoms with E-state index in [9.17, 15) is 9.18 Å². The summed E-state index contributed by atoms with van der Waals surface area (Å²) in [7, 11) is 0. The molecule has 1 heterocycles. The van der Waals surface area contributed by atoms with Crippen LogP contribution in [0.2, 0.25) is 0 Å². The molecule has 1 aromatic heterocycles. The molecule has 0 aliphatic carbocycles. The van der Waals surface area contributed by atoms with E-state index in [4.69, 9.17) is 11.1 Å². The Bertz CT molecular complexity index is 698. The first-order chi connectivity index (χ1) is 8.95. The monoisotopic (exact) mass is 278 g/mol.